The van der Waals surface area contributed by atoms with Gasteiger partial charge in [0.25, 0.3) is 5.91 Å². The number of amides is 3. The van der Waals surface area contributed by atoms with Gasteiger partial charge in [-0.3, -0.25) is 9.69 Å². The first-order valence-electron chi connectivity index (χ1n) is 7.52. The van der Waals surface area contributed by atoms with Crippen LogP contribution in [0.5, 0.6) is 0 Å². The van der Waals surface area contributed by atoms with Crippen molar-refractivity contribution < 1.29 is 23.5 Å². The van der Waals surface area contributed by atoms with Gasteiger partial charge in [0, 0.05) is 0 Å². The molecule has 1 aromatic carbocycles. The first-order chi connectivity index (χ1) is 12.3. The van der Waals surface area contributed by atoms with Gasteiger partial charge in [-0.2, -0.15) is 0 Å². The van der Waals surface area contributed by atoms with Crippen LogP contribution in [0.3, 0.4) is 0 Å². The van der Waals surface area contributed by atoms with Gasteiger partial charge < -0.3 is 14.5 Å². The zero-order chi connectivity index (χ0) is 19.1. The lowest BCUT2D eigenvalue weighted by Gasteiger charge is -2.22. The number of halogens is 2. The highest BCUT2D eigenvalue weighted by atomic mass is 35.5. The molecular weight excluding hydrogens is 383 g/mol. The summed E-state index contributed by atoms with van der Waals surface area (Å²) in [6.45, 7) is 1.36. The van der Waals surface area contributed by atoms with Crippen LogP contribution >= 0.6 is 23.2 Å². The summed E-state index contributed by atoms with van der Waals surface area (Å²) >= 11 is 11.9. The molecule has 3 amide bonds. The molecule has 0 unspecified atom stereocenters. The van der Waals surface area contributed by atoms with Crippen LogP contribution in [0, 0.1) is 0 Å². The van der Waals surface area contributed by atoms with Crippen molar-refractivity contribution in [2.75, 3.05) is 7.11 Å². The van der Waals surface area contributed by atoms with E-state index in [9.17, 15) is 14.4 Å². The zero-order valence-electron chi connectivity index (χ0n) is 13.8. The lowest BCUT2D eigenvalue weighted by molar-refractivity contribution is -0.131. The highest BCUT2D eigenvalue weighted by Gasteiger charge is 2.49. The largest absolute Gasteiger partial charge is 0.467 e. The van der Waals surface area contributed by atoms with Crippen LogP contribution in [0.1, 0.15) is 28.6 Å². The second-order valence-corrected chi connectivity index (χ2v) is 6.64. The maximum absolute atomic E-state index is 12.9. The summed E-state index contributed by atoms with van der Waals surface area (Å²) in [7, 11) is 1.23. The fraction of sp³-hybridized carbons (Fsp3) is 0.235. The standard InChI is InChI=1S/C17H14Cl2N2O5/c1-17(9-3-4-11(18)12(19)7-9)15(23)21(16(24)20-17)8-13-10(5-6-26-13)14(22)25-2/h3-7H,8H2,1-2H3,(H,20,24)/t17-/m1/s1. The van der Waals surface area contributed by atoms with E-state index in [1.54, 1.807) is 19.1 Å². The van der Waals surface area contributed by atoms with Gasteiger partial charge in [0.1, 0.15) is 16.9 Å². The second kappa shape index (κ2) is 6.66. The molecule has 1 fully saturated rings. The van der Waals surface area contributed by atoms with Gasteiger partial charge in [-0.05, 0) is 30.7 Å². The number of hydrogen-bond donors (Lipinski definition) is 1. The van der Waals surface area contributed by atoms with E-state index in [-0.39, 0.29) is 22.9 Å². The Balaban J connectivity index is 1.91. The summed E-state index contributed by atoms with van der Waals surface area (Å²) in [5.74, 6) is -0.972. The molecule has 9 heteroatoms. The Hall–Kier alpha value is -2.51. The van der Waals surface area contributed by atoms with Crippen molar-refractivity contribution in [1.29, 1.82) is 0 Å². The maximum Gasteiger partial charge on any atom is 0.341 e. The van der Waals surface area contributed by atoms with Gasteiger partial charge >= 0.3 is 12.0 Å². The van der Waals surface area contributed by atoms with Crippen LogP contribution in [0.25, 0.3) is 0 Å². The van der Waals surface area contributed by atoms with Crippen LogP contribution in [-0.4, -0.2) is 29.9 Å². The molecule has 2 aromatic rings. The molecule has 1 N–H and O–H groups in total. The number of esters is 1. The van der Waals surface area contributed by atoms with Crippen molar-refractivity contribution in [2.24, 2.45) is 0 Å². The van der Waals surface area contributed by atoms with Crippen molar-refractivity contribution in [3.8, 4) is 0 Å². The number of carbonyl (C=O) groups is 3. The normalized spacial score (nSPS) is 19.6. The third kappa shape index (κ3) is 2.93. The number of rotatable bonds is 4. The van der Waals surface area contributed by atoms with Crippen molar-refractivity contribution in [1.82, 2.24) is 10.2 Å². The van der Waals surface area contributed by atoms with Crippen molar-refractivity contribution in [3.05, 3.63) is 57.5 Å². The minimum atomic E-state index is -1.32. The number of imide groups is 1. The number of hydrogen-bond acceptors (Lipinski definition) is 5. The van der Waals surface area contributed by atoms with Crippen molar-refractivity contribution in [3.63, 3.8) is 0 Å². The summed E-state index contributed by atoms with van der Waals surface area (Å²) in [6.07, 6.45) is 1.29. The molecule has 26 heavy (non-hydrogen) atoms. The van der Waals surface area contributed by atoms with E-state index < -0.39 is 23.4 Å². The molecule has 0 aliphatic carbocycles. The predicted molar refractivity (Wildman–Crippen MR) is 92.9 cm³/mol. The smallest absolute Gasteiger partial charge is 0.341 e. The van der Waals surface area contributed by atoms with E-state index in [1.165, 1.54) is 25.5 Å². The molecule has 7 nitrogen and oxygen atoms in total. The van der Waals surface area contributed by atoms with Gasteiger partial charge in [-0.25, -0.2) is 9.59 Å². The number of furan rings is 1. The summed E-state index contributed by atoms with van der Waals surface area (Å²) in [5, 5.41) is 3.25. The van der Waals surface area contributed by atoms with Crippen LogP contribution in [0.4, 0.5) is 4.79 Å². The fourth-order valence-electron chi connectivity index (χ4n) is 2.74. The molecule has 0 spiro atoms. The first kappa shape index (κ1) is 18.3. The Morgan fingerprint density at radius 3 is 2.65 bits per heavy atom. The zero-order valence-corrected chi connectivity index (χ0v) is 15.4. The first-order valence-corrected chi connectivity index (χ1v) is 8.28. The Kier molecular flexibility index (Phi) is 4.68. The Morgan fingerprint density at radius 2 is 2.00 bits per heavy atom. The van der Waals surface area contributed by atoms with E-state index in [1.807, 2.05) is 0 Å². The third-order valence-corrected chi connectivity index (χ3v) is 4.96. The maximum atomic E-state index is 12.9. The molecule has 0 saturated carbocycles. The number of nitrogens with one attached hydrogen (secondary N) is 1. The Labute approximate surface area is 158 Å². The molecule has 3 rings (SSSR count). The molecule has 1 aliphatic heterocycles. The van der Waals surface area contributed by atoms with E-state index in [2.05, 4.69) is 10.1 Å². The van der Waals surface area contributed by atoms with E-state index in [0.29, 0.717) is 10.6 Å². The van der Waals surface area contributed by atoms with Crippen LogP contribution in [0.2, 0.25) is 10.0 Å². The van der Waals surface area contributed by atoms with E-state index in [0.717, 1.165) is 4.90 Å². The molecule has 1 aliphatic rings. The van der Waals surface area contributed by atoms with E-state index >= 15 is 0 Å². The number of ether oxygens (including phenoxy) is 1. The van der Waals surface area contributed by atoms with E-state index in [4.69, 9.17) is 27.6 Å². The highest BCUT2D eigenvalue weighted by Crippen LogP contribution is 2.33. The summed E-state index contributed by atoms with van der Waals surface area (Å²) < 4.78 is 9.90. The quantitative estimate of drug-likeness (QED) is 0.632. The predicted octanol–water partition coefficient (Wildman–Crippen LogP) is 3.34. The monoisotopic (exact) mass is 396 g/mol. The molecule has 0 bridgehead atoms. The number of carbonyl (C=O) groups excluding carboxylic acids is 3. The average molecular weight is 397 g/mol. The van der Waals surface area contributed by atoms with Crippen LogP contribution < -0.4 is 5.32 Å². The lowest BCUT2D eigenvalue weighted by atomic mass is 9.92. The second-order valence-electron chi connectivity index (χ2n) is 5.82. The number of nitrogens with zero attached hydrogens (tertiary/aromatic N) is 1. The molecule has 2 heterocycles. The van der Waals surface area contributed by atoms with Gasteiger partial charge in [0.2, 0.25) is 0 Å². The Bertz CT molecular complexity index is 910. The molecule has 1 atom stereocenters. The van der Waals surface area contributed by atoms with Gasteiger partial charge in [-0.15, -0.1) is 0 Å². The van der Waals surface area contributed by atoms with Crippen molar-refractivity contribution in [2.45, 2.75) is 19.0 Å². The number of benzene rings is 1. The minimum Gasteiger partial charge on any atom is -0.467 e. The van der Waals surface area contributed by atoms with Gasteiger partial charge in [0.15, 0.2) is 0 Å². The van der Waals surface area contributed by atoms with Crippen LogP contribution in [-0.2, 0) is 21.6 Å². The number of methoxy groups -OCH3 is 1. The summed E-state index contributed by atoms with van der Waals surface area (Å²) in [6, 6.07) is 5.49. The third-order valence-electron chi connectivity index (χ3n) is 4.22. The summed E-state index contributed by atoms with van der Waals surface area (Å²) in [5.41, 5.74) is -0.680. The molecule has 0 radical (unpaired) electrons. The van der Waals surface area contributed by atoms with Gasteiger partial charge in [0.05, 0.1) is 30.0 Å². The topological polar surface area (TPSA) is 88.8 Å². The SMILES string of the molecule is COC(=O)c1ccoc1CN1C(=O)N[C@](C)(c2ccc(Cl)c(Cl)c2)C1=O. The van der Waals surface area contributed by atoms with Crippen molar-refractivity contribution >= 4 is 41.1 Å². The van der Waals surface area contributed by atoms with Gasteiger partial charge in [-0.1, -0.05) is 29.3 Å². The highest BCUT2D eigenvalue weighted by molar-refractivity contribution is 6.42. The summed E-state index contributed by atoms with van der Waals surface area (Å²) in [4.78, 5) is 38.0. The van der Waals surface area contributed by atoms with Crippen LogP contribution in [0.15, 0.2) is 34.9 Å². The average Bonchev–Trinajstić information content (AvgIpc) is 3.16. The number of urea groups is 1. The molecule has 136 valence electrons. The minimum absolute atomic E-state index is 0.149. The Morgan fingerprint density at radius 1 is 1.27 bits per heavy atom. The fourth-order valence-corrected chi connectivity index (χ4v) is 3.04. The molecule has 1 saturated heterocycles. The molecule has 1 aromatic heterocycles. The molecular formula is C17H14Cl2N2O5. The lowest BCUT2D eigenvalue weighted by Crippen LogP contribution is -2.40.